The zero-order chi connectivity index (χ0) is 8.39. The molecule has 1 aromatic heterocycles. The average Bonchev–Trinajstić information content (AvgIpc) is 2.65. The highest BCUT2D eigenvalue weighted by Gasteiger charge is 2.25. The molecule has 1 fully saturated rings. The predicted octanol–water partition coefficient (Wildman–Crippen LogP) is 0.545. The minimum Gasteiger partial charge on any atom is -0.469 e. The van der Waals surface area contributed by atoms with Crippen LogP contribution in [0.1, 0.15) is 12.2 Å². The standard InChI is InChI=1S/C9H13NO2/c11-9-3-4-10-8(9)6-7-2-1-5-12-7/h1-2,5,8-11H,3-4,6H2. The van der Waals surface area contributed by atoms with Gasteiger partial charge >= 0.3 is 0 Å². The molecule has 1 saturated heterocycles. The van der Waals surface area contributed by atoms with Crippen LogP contribution in [0.4, 0.5) is 0 Å². The number of hydrogen-bond acceptors (Lipinski definition) is 3. The molecule has 0 aliphatic carbocycles. The minimum atomic E-state index is -0.213. The van der Waals surface area contributed by atoms with Crippen molar-refractivity contribution in [1.29, 1.82) is 0 Å². The molecule has 1 aromatic rings. The molecule has 0 saturated carbocycles. The van der Waals surface area contributed by atoms with Crippen molar-refractivity contribution in [3.8, 4) is 0 Å². The Labute approximate surface area is 71.4 Å². The molecule has 2 atom stereocenters. The molecule has 2 unspecified atom stereocenters. The van der Waals surface area contributed by atoms with Gasteiger partial charge in [0.1, 0.15) is 5.76 Å². The van der Waals surface area contributed by atoms with Gasteiger partial charge in [-0.3, -0.25) is 0 Å². The Morgan fingerprint density at radius 1 is 1.67 bits per heavy atom. The molecule has 0 amide bonds. The fraction of sp³-hybridized carbons (Fsp3) is 0.556. The summed E-state index contributed by atoms with van der Waals surface area (Å²) in [6.45, 7) is 0.909. The van der Waals surface area contributed by atoms with Crippen LogP contribution in [0.25, 0.3) is 0 Å². The van der Waals surface area contributed by atoms with Crippen LogP contribution in [0, 0.1) is 0 Å². The largest absolute Gasteiger partial charge is 0.469 e. The van der Waals surface area contributed by atoms with Crippen LogP contribution in [-0.4, -0.2) is 23.8 Å². The second-order valence-electron chi connectivity index (χ2n) is 3.20. The van der Waals surface area contributed by atoms with Gasteiger partial charge in [-0.15, -0.1) is 0 Å². The SMILES string of the molecule is OC1CCNC1Cc1ccco1. The predicted molar refractivity (Wildman–Crippen MR) is 44.8 cm³/mol. The second kappa shape index (κ2) is 3.29. The maximum Gasteiger partial charge on any atom is 0.105 e. The summed E-state index contributed by atoms with van der Waals surface area (Å²) in [5.41, 5.74) is 0. The van der Waals surface area contributed by atoms with Gasteiger partial charge in [0.15, 0.2) is 0 Å². The van der Waals surface area contributed by atoms with Crippen molar-refractivity contribution in [1.82, 2.24) is 5.32 Å². The Kier molecular flexibility index (Phi) is 2.15. The van der Waals surface area contributed by atoms with Gasteiger partial charge < -0.3 is 14.8 Å². The molecule has 1 aliphatic heterocycles. The van der Waals surface area contributed by atoms with E-state index >= 15 is 0 Å². The van der Waals surface area contributed by atoms with Gasteiger partial charge in [0.25, 0.3) is 0 Å². The van der Waals surface area contributed by atoms with Gasteiger partial charge in [0.05, 0.1) is 12.4 Å². The maximum atomic E-state index is 9.48. The summed E-state index contributed by atoms with van der Waals surface area (Å²) in [7, 11) is 0. The summed E-state index contributed by atoms with van der Waals surface area (Å²) in [5.74, 6) is 0.938. The van der Waals surface area contributed by atoms with Gasteiger partial charge in [-0.2, -0.15) is 0 Å². The van der Waals surface area contributed by atoms with Gasteiger partial charge in [-0.05, 0) is 25.1 Å². The van der Waals surface area contributed by atoms with Crippen LogP contribution in [-0.2, 0) is 6.42 Å². The summed E-state index contributed by atoms with van der Waals surface area (Å²) in [4.78, 5) is 0. The molecule has 0 bridgehead atoms. The normalized spacial score (nSPS) is 29.4. The van der Waals surface area contributed by atoms with Crippen molar-refractivity contribution in [3.63, 3.8) is 0 Å². The molecule has 2 rings (SSSR count). The Morgan fingerprint density at radius 3 is 3.17 bits per heavy atom. The highest BCUT2D eigenvalue weighted by Crippen LogP contribution is 2.12. The lowest BCUT2D eigenvalue weighted by atomic mass is 10.1. The van der Waals surface area contributed by atoms with E-state index in [1.807, 2.05) is 12.1 Å². The molecule has 3 nitrogen and oxygen atoms in total. The van der Waals surface area contributed by atoms with Crippen LogP contribution in [0.15, 0.2) is 22.8 Å². The first kappa shape index (κ1) is 7.83. The lowest BCUT2D eigenvalue weighted by Gasteiger charge is -2.12. The smallest absolute Gasteiger partial charge is 0.105 e. The fourth-order valence-electron chi connectivity index (χ4n) is 1.61. The van der Waals surface area contributed by atoms with E-state index in [9.17, 15) is 5.11 Å². The van der Waals surface area contributed by atoms with E-state index in [-0.39, 0.29) is 12.1 Å². The average molecular weight is 167 g/mol. The van der Waals surface area contributed by atoms with Crippen LogP contribution in [0.2, 0.25) is 0 Å². The third-order valence-corrected chi connectivity index (χ3v) is 2.31. The zero-order valence-corrected chi connectivity index (χ0v) is 6.86. The molecular formula is C9H13NO2. The van der Waals surface area contributed by atoms with Crippen molar-refractivity contribution < 1.29 is 9.52 Å². The molecule has 0 radical (unpaired) electrons. The summed E-state index contributed by atoms with van der Waals surface area (Å²) in [6, 6.07) is 3.99. The first-order chi connectivity index (χ1) is 5.86. The summed E-state index contributed by atoms with van der Waals surface area (Å²) >= 11 is 0. The van der Waals surface area contributed by atoms with E-state index < -0.39 is 0 Å². The third-order valence-electron chi connectivity index (χ3n) is 2.31. The highest BCUT2D eigenvalue weighted by molar-refractivity contribution is 5.02. The van der Waals surface area contributed by atoms with E-state index in [2.05, 4.69) is 5.32 Å². The molecule has 12 heavy (non-hydrogen) atoms. The highest BCUT2D eigenvalue weighted by atomic mass is 16.3. The van der Waals surface area contributed by atoms with Crippen molar-refractivity contribution in [2.75, 3.05) is 6.54 Å². The Bertz CT molecular complexity index is 233. The Hall–Kier alpha value is -0.800. The fourth-order valence-corrected chi connectivity index (χ4v) is 1.61. The maximum absolute atomic E-state index is 9.48. The number of rotatable bonds is 2. The monoisotopic (exact) mass is 167 g/mol. The molecule has 1 aliphatic rings. The topological polar surface area (TPSA) is 45.4 Å². The molecule has 0 spiro atoms. The zero-order valence-electron chi connectivity index (χ0n) is 6.86. The second-order valence-corrected chi connectivity index (χ2v) is 3.20. The number of aliphatic hydroxyl groups excluding tert-OH is 1. The molecular weight excluding hydrogens is 154 g/mol. The molecule has 3 heteroatoms. The van der Waals surface area contributed by atoms with E-state index in [1.54, 1.807) is 6.26 Å². The lowest BCUT2D eigenvalue weighted by molar-refractivity contribution is 0.156. The number of aliphatic hydroxyl groups is 1. The number of furan rings is 1. The first-order valence-electron chi connectivity index (χ1n) is 4.30. The van der Waals surface area contributed by atoms with Crippen LogP contribution >= 0.6 is 0 Å². The minimum absolute atomic E-state index is 0.177. The molecule has 66 valence electrons. The molecule has 2 N–H and O–H groups in total. The van der Waals surface area contributed by atoms with Crippen LogP contribution in [0.5, 0.6) is 0 Å². The summed E-state index contributed by atoms with van der Waals surface area (Å²) in [5, 5.41) is 12.7. The van der Waals surface area contributed by atoms with Crippen molar-refractivity contribution >= 4 is 0 Å². The van der Waals surface area contributed by atoms with Gasteiger partial charge in [0.2, 0.25) is 0 Å². The Morgan fingerprint density at radius 2 is 2.58 bits per heavy atom. The van der Waals surface area contributed by atoms with Crippen LogP contribution in [0.3, 0.4) is 0 Å². The van der Waals surface area contributed by atoms with Crippen LogP contribution < -0.4 is 5.32 Å². The van der Waals surface area contributed by atoms with Gasteiger partial charge in [-0.25, -0.2) is 0 Å². The van der Waals surface area contributed by atoms with E-state index in [1.165, 1.54) is 0 Å². The summed E-state index contributed by atoms with van der Waals surface area (Å²) in [6.07, 6.45) is 3.09. The van der Waals surface area contributed by atoms with E-state index in [0.717, 1.165) is 25.1 Å². The van der Waals surface area contributed by atoms with Gasteiger partial charge in [-0.1, -0.05) is 0 Å². The van der Waals surface area contributed by atoms with Gasteiger partial charge in [0, 0.05) is 12.5 Å². The van der Waals surface area contributed by atoms with Crippen molar-refractivity contribution in [2.24, 2.45) is 0 Å². The van der Waals surface area contributed by atoms with E-state index in [0.29, 0.717) is 0 Å². The molecule has 0 aromatic carbocycles. The molecule has 2 heterocycles. The van der Waals surface area contributed by atoms with E-state index in [4.69, 9.17) is 4.42 Å². The number of hydrogen-bond donors (Lipinski definition) is 2. The third kappa shape index (κ3) is 1.52. The van der Waals surface area contributed by atoms with Crippen molar-refractivity contribution in [3.05, 3.63) is 24.2 Å². The van der Waals surface area contributed by atoms with Crippen molar-refractivity contribution in [2.45, 2.75) is 25.0 Å². The lowest BCUT2D eigenvalue weighted by Crippen LogP contribution is -2.32. The summed E-state index contributed by atoms with van der Waals surface area (Å²) < 4.78 is 5.19. The first-order valence-corrected chi connectivity index (χ1v) is 4.30. The Balaban J connectivity index is 1.95. The quantitative estimate of drug-likeness (QED) is 0.676. The number of nitrogens with one attached hydrogen (secondary N) is 1.